The molecule has 0 aliphatic carbocycles. The Kier molecular flexibility index (Phi) is 5.00. The fourth-order valence-electron chi connectivity index (χ4n) is 2.17. The highest BCUT2D eigenvalue weighted by molar-refractivity contribution is 5.83. The molecule has 0 aliphatic rings. The molecule has 0 saturated carbocycles. The zero-order valence-corrected chi connectivity index (χ0v) is 12.6. The van der Waals surface area contributed by atoms with E-state index in [1.807, 2.05) is 62.3 Å². The van der Waals surface area contributed by atoms with Gasteiger partial charge >= 0.3 is 0 Å². The molecule has 1 heterocycles. The quantitative estimate of drug-likeness (QED) is 0.908. The molecular formula is C16H20N4O. The van der Waals surface area contributed by atoms with Crippen LogP contribution in [0, 0.1) is 6.92 Å². The van der Waals surface area contributed by atoms with Crippen molar-refractivity contribution in [3.8, 4) is 0 Å². The van der Waals surface area contributed by atoms with Crippen LogP contribution in [0.4, 0.5) is 0 Å². The maximum atomic E-state index is 12.4. The number of hydrogen-bond donors (Lipinski definition) is 1. The molecule has 0 fully saturated rings. The summed E-state index contributed by atoms with van der Waals surface area (Å²) in [5.74, 6) is 0.560. The summed E-state index contributed by atoms with van der Waals surface area (Å²) in [5, 5.41) is 2.90. The number of carbonyl (C=O) groups excluding carboxylic acids is 1. The highest BCUT2D eigenvalue weighted by atomic mass is 16.2. The van der Waals surface area contributed by atoms with Gasteiger partial charge in [0.05, 0.1) is 6.54 Å². The molecule has 1 N–H and O–H groups in total. The Bertz CT molecular complexity index is 598. The topological polar surface area (TPSA) is 58.1 Å². The monoisotopic (exact) mass is 284 g/mol. The van der Waals surface area contributed by atoms with Crippen LogP contribution in [0.1, 0.15) is 23.1 Å². The summed E-state index contributed by atoms with van der Waals surface area (Å²) in [6.07, 6.45) is 1.70. The van der Waals surface area contributed by atoms with Crippen LogP contribution in [0.2, 0.25) is 0 Å². The molecular weight excluding hydrogens is 264 g/mol. The first-order valence-corrected chi connectivity index (χ1v) is 6.85. The zero-order valence-electron chi connectivity index (χ0n) is 12.6. The van der Waals surface area contributed by atoms with E-state index in [9.17, 15) is 4.79 Å². The van der Waals surface area contributed by atoms with Gasteiger partial charge < -0.3 is 5.32 Å². The lowest BCUT2D eigenvalue weighted by atomic mass is 10.1. The molecule has 0 spiro atoms. The number of aryl methyl sites for hydroxylation is 1. The molecule has 0 aliphatic heterocycles. The Morgan fingerprint density at radius 1 is 1.24 bits per heavy atom. The van der Waals surface area contributed by atoms with Crippen molar-refractivity contribution in [1.29, 1.82) is 0 Å². The Morgan fingerprint density at radius 2 is 1.95 bits per heavy atom. The van der Waals surface area contributed by atoms with E-state index in [1.165, 1.54) is 0 Å². The molecule has 0 bridgehead atoms. The highest BCUT2D eigenvalue weighted by Gasteiger charge is 2.22. The van der Waals surface area contributed by atoms with Crippen LogP contribution in [0.15, 0.2) is 42.6 Å². The van der Waals surface area contributed by atoms with Gasteiger partial charge in [0.1, 0.15) is 11.9 Å². The first kappa shape index (κ1) is 15.1. The fraction of sp³-hybridized carbons (Fsp3) is 0.312. The van der Waals surface area contributed by atoms with Crippen LogP contribution in [0.5, 0.6) is 0 Å². The van der Waals surface area contributed by atoms with Crippen LogP contribution in [0.3, 0.4) is 0 Å². The molecule has 5 nitrogen and oxygen atoms in total. The number of hydrogen-bond acceptors (Lipinski definition) is 4. The van der Waals surface area contributed by atoms with E-state index in [4.69, 9.17) is 0 Å². The van der Waals surface area contributed by atoms with Crippen molar-refractivity contribution in [3.05, 3.63) is 59.7 Å². The van der Waals surface area contributed by atoms with Crippen molar-refractivity contribution in [2.45, 2.75) is 19.5 Å². The molecule has 2 aromatic rings. The first-order chi connectivity index (χ1) is 10.1. The molecule has 0 radical (unpaired) electrons. The Balaban J connectivity index is 2.06. The van der Waals surface area contributed by atoms with E-state index in [1.54, 1.807) is 6.20 Å². The van der Waals surface area contributed by atoms with Gasteiger partial charge in [0, 0.05) is 11.9 Å². The number of likely N-dealkylation sites (N-methyl/N-ethyl adjacent to an activating group) is 1. The lowest BCUT2D eigenvalue weighted by Gasteiger charge is -2.23. The standard InChI is InChI=1S/C16H20N4O/c1-12-9-10-17-14(19-12)11-18-16(21)15(20(2)3)13-7-5-4-6-8-13/h4-10,15H,11H2,1-3H3,(H,18,21)/t15-/m1/s1. The van der Waals surface area contributed by atoms with Gasteiger partial charge in [0.15, 0.2) is 0 Å². The van der Waals surface area contributed by atoms with Crippen molar-refractivity contribution in [3.63, 3.8) is 0 Å². The lowest BCUT2D eigenvalue weighted by molar-refractivity contribution is -0.126. The minimum Gasteiger partial charge on any atom is -0.347 e. The summed E-state index contributed by atoms with van der Waals surface area (Å²) in [5.41, 5.74) is 1.85. The van der Waals surface area contributed by atoms with Crippen LogP contribution in [0.25, 0.3) is 0 Å². The maximum Gasteiger partial charge on any atom is 0.242 e. The predicted molar refractivity (Wildman–Crippen MR) is 81.5 cm³/mol. The Labute approximate surface area is 125 Å². The van der Waals surface area contributed by atoms with E-state index in [0.717, 1.165) is 11.3 Å². The summed E-state index contributed by atoms with van der Waals surface area (Å²) in [4.78, 5) is 22.8. The number of carbonyl (C=O) groups is 1. The normalized spacial score (nSPS) is 12.2. The van der Waals surface area contributed by atoms with E-state index in [2.05, 4.69) is 15.3 Å². The largest absolute Gasteiger partial charge is 0.347 e. The predicted octanol–water partition coefficient (Wildman–Crippen LogP) is 1.70. The molecule has 0 saturated heterocycles. The van der Waals surface area contributed by atoms with Gasteiger partial charge in [0.25, 0.3) is 0 Å². The molecule has 110 valence electrons. The lowest BCUT2D eigenvalue weighted by Crippen LogP contribution is -2.37. The van der Waals surface area contributed by atoms with E-state index in [-0.39, 0.29) is 11.9 Å². The number of amides is 1. The first-order valence-electron chi connectivity index (χ1n) is 6.85. The number of aromatic nitrogens is 2. The number of nitrogens with one attached hydrogen (secondary N) is 1. The van der Waals surface area contributed by atoms with E-state index >= 15 is 0 Å². The van der Waals surface area contributed by atoms with Crippen molar-refractivity contribution >= 4 is 5.91 Å². The Morgan fingerprint density at radius 3 is 2.57 bits per heavy atom. The molecule has 1 aromatic heterocycles. The maximum absolute atomic E-state index is 12.4. The fourth-order valence-corrected chi connectivity index (χ4v) is 2.17. The SMILES string of the molecule is Cc1ccnc(CNC(=O)[C@@H](c2ccccc2)N(C)C)n1. The van der Waals surface area contributed by atoms with E-state index < -0.39 is 0 Å². The molecule has 1 atom stereocenters. The second-order valence-electron chi connectivity index (χ2n) is 5.11. The second kappa shape index (κ2) is 6.95. The van der Waals surface area contributed by atoms with Crippen molar-refractivity contribution in [2.24, 2.45) is 0 Å². The van der Waals surface area contributed by atoms with Crippen LogP contribution < -0.4 is 5.32 Å². The van der Waals surface area contributed by atoms with Crippen molar-refractivity contribution in [2.75, 3.05) is 14.1 Å². The van der Waals surface area contributed by atoms with Gasteiger partial charge in [-0.3, -0.25) is 9.69 Å². The minimum absolute atomic E-state index is 0.0590. The summed E-state index contributed by atoms with van der Waals surface area (Å²) in [6.45, 7) is 2.23. The molecule has 1 aromatic carbocycles. The molecule has 5 heteroatoms. The molecule has 21 heavy (non-hydrogen) atoms. The van der Waals surface area contributed by atoms with Gasteiger partial charge in [-0.15, -0.1) is 0 Å². The minimum atomic E-state index is -0.323. The third-order valence-corrected chi connectivity index (χ3v) is 3.15. The van der Waals surface area contributed by atoms with Gasteiger partial charge in [-0.05, 0) is 32.6 Å². The summed E-state index contributed by atoms with van der Waals surface area (Å²) in [6, 6.07) is 11.2. The zero-order chi connectivity index (χ0) is 15.2. The molecule has 1 amide bonds. The van der Waals surface area contributed by atoms with Gasteiger partial charge in [-0.1, -0.05) is 30.3 Å². The van der Waals surface area contributed by atoms with Crippen LogP contribution in [-0.2, 0) is 11.3 Å². The number of benzene rings is 1. The highest BCUT2D eigenvalue weighted by Crippen LogP contribution is 2.17. The van der Waals surface area contributed by atoms with Crippen molar-refractivity contribution in [1.82, 2.24) is 20.2 Å². The molecule has 0 unspecified atom stereocenters. The number of nitrogens with zero attached hydrogens (tertiary/aromatic N) is 3. The van der Waals surface area contributed by atoms with Crippen LogP contribution >= 0.6 is 0 Å². The average molecular weight is 284 g/mol. The van der Waals surface area contributed by atoms with E-state index in [0.29, 0.717) is 12.4 Å². The third-order valence-electron chi connectivity index (χ3n) is 3.15. The third kappa shape index (κ3) is 4.10. The van der Waals surface area contributed by atoms with Gasteiger partial charge in [-0.25, -0.2) is 9.97 Å². The Hall–Kier alpha value is -2.27. The smallest absolute Gasteiger partial charge is 0.242 e. The average Bonchev–Trinajstić information content (AvgIpc) is 2.46. The van der Waals surface area contributed by atoms with Crippen LogP contribution in [-0.4, -0.2) is 34.9 Å². The summed E-state index contributed by atoms with van der Waals surface area (Å²) < 4.78 is 0. The second-order valence-corrected chi connectivity index (χ2v) is 5.11. The number of rotatable bonds is 5. The van der Waals surface area contributed by atoms with Gasteiger partial charge in [-0.2, -0.15) is 0 Å². The summed E-state index contributed by atoms with van der Waals surface area (Å²) >= 11 is 0. The van der Waals surface area contributed by atoms with Crippen molar-refractivity contribution < 1.29 is 4.79 Å². The van der Waals surface area contributed by atoms with Gasteiger partial charge in [0.2, 0.25) is 5.91 Å². The molecule has 2 rings (SSSR count). The summed E-state index contributed by atoms with van der Waals surface area (Å²) in [7, 11) is 3.78.